The zero-order valence-corrected chi connectivity index (χ0v) is 23.5. The van der Waals surface area contributed by atoms with Crippen LogP contribution in [0.25, 0.3) is 0 Å². The molecular weight excluding hydrogens is 521 g/mol. The lowest BCUT2D eigenvalue weighted by Crippen LogP contribution is -2.50. The maximum Gasteiger partial charge on any atom is 0.259 e. The molecule has 0 bridgehead atoms. The van der Waals surface area contributed by atoms with Crippen LogP contribution >= 0.6 is 0 Å². The van der Waals surface area contributed by atoms with Crippen LogP contribution in [-0.2, 0) is 10.0 Å². The fourth-order valence-electron chi connectivity index (χ4n) is 4.98. The molecular formula is C29H36FN3O5S. The smallest absolute Gasteiger partial charge is 0.259 e. The van der Waals surface area contributed by atoms with E-state index in [0.717, 1.165) is 23.2 Å². The number of halogens is 1. The van der Waals surface area contributed by atoms with Gasteiger partial charge in [0.1, 0.15) is 17.5 Å². The van der Waals surface area contributed by atoms with Crippen LogP contribution in [-0.4, -0.2) is 72.5 Å². The van der Waals surface area contributed by atoms with Gasteiger partial charge in [-0.15, -0.1) is 0 Å². The molecule has 2 heterocycles. The summed E-state index contributed by atoms with van der Waals surface area (Å²) in [6.07, 6.45) is 6.61. The van der Waals surface area contributed by atoms with Crippen molar-refractivity contribution < 1.29 is 27.4 Å². The van der Waals surface area contributed by atoms with Gasteiger partial charge in [-0.05, 0) is 44.0 Å². The van der Waals surface area contributed by atoms with Crippen molar-refractivity contribution in [1.29, 1.82) is 0 Å². The molecule has 0 radical (unpaired) electrons. The standard InChI is InChI=1S/C29H36FN3O5S/c1-20-17-33(21(2)19-34)29(35)26-14-23(13-12-22-8-5-4-6-9-22)16-31-28(26)38-27(20)18-32(3)39(36,37)25-11-7-10-24(30)15-25/h7,10-11,14-16,20-22,27,34H,4-6,8-9,17-19H2,1-3H3/t20-,21-,27+/m0/s1. The fraction of sp³-hybridized carbons (Fsp3) is 0.517. The number of aliphatic hydroxyl groups excluding tert-OH is 1. The molecule has 1 aliphatic carbocycles. The molecule has 4 rings (SSSR count). The summed E-state index contributed by atoms with van der Waals surface area (Å²) in [6.45, 7) is 3.55. The largest absolute Gasteiger partial charge is 0.472 e. The number of benzene rings is 1. The molecule has 1 amide bonds. The molecule has 0 saturated heterocycles. The third-order valence-electron chi connectivity index (χ3n) is 7.49. The Hall–Kier alpha value is -3.00. The number of ether oxygens (including phenoxy) is 1. The Morgan fingerprint density at radius 3 is 2.69 bits per heavy atom. The predicted molar refractivity (Wildman–Crippen MR) is 145 cm³/mol. The van der Waals surface area contributed by atoms with E-state index in [2.05, 4.69) is 16.8 Å². The summed E-state index contributed by atoms with van der Waals surface area (Å²) in [7, 11) is -2.59. The summed E-state index contributed by atoms with van der Waals surface area (Å²) in [6, 6.07) is 6.04. The van der Waals surface area contributed by atoms with E-state index in [9.17, 15) is 22.7 Å². The number of carbonyl (C=O) groups excluding carboxylic acids is 1. The lowest BCUT2D eigenvalue weighted by Gasteiger charge is -2.37. The highest BCUT2D eigenvalue weighted by molar-refractivity contribution is 7.89. The van der Waals surface area contributed by atoms with Crippen molar-refractivity contribution >= 4 is 15.9 Å². The van der Waals surface area contributed by atoms with Gasteiger partial charge >= 0.3 is 0 Å². The van der Waals surface area contributed by atoms with Gasteiger partial charge in [0, 0.05) is 37.2 Å². The van der Waals surface area contributed by atoms with E-state index < -0.39 is 28.0 Å². The first-order valence-electron chi connectivity index (χ1n) is 13.4. The molecule has 2 aromatic rings. The highest BCUT2D eigenvalue weighted by atomic mass is 32.2. The minimum absolute atomic E-state index is 0.0556. The number of rotatable bonds is 6. The van der Waals surface area contributed by atoms with Crippen molar-refractivity contribution in [2.45, 2.75) is 63.0 Å². The normalized spacial score (nSPS) is 21.3. The average molecular weight is 558 g/mol. The Morgan fingerprint density at radius 1 is 1.26 bits per heavy atom. The third-order valence-corrected chi connectivity index (χ3v) is 9.31. The average Bonchev–Trinajstić information content (AvgIpc) is 2.93. The number of carbonyl (C=O) groups is 1. The van der Waals surface area contributed by atoms with Crippen LogP contribution in [0.3, 0.4) is 0 Å². The number of pyridine rings is 1. The number of hydrogen-bond acceptors (Lipinski definition) is 6. The summed E-state index contributed by atoms with van der Waals surface area (Å²) in [5.74, 6) is 5.62. The van der Waals surface area contributed by atoms with E-state index in [4.69, 9.17) is 4.74 Å². The summed E-state index contributed by atoms with van der Waals surface area (Å²) in [5.41, 5.74) is 0.821. The summed E-state index contributed by atoms with van der Waals surface area (Å²) in [4.78, 5) is 19.4. The van der Waals surface area contributed by atoms with Crippen molar-refractivity contribution in [3.63, 3.8) is 0 Å². The molecule has 210 valence electrons. The number of fused-ring (bicyclic) bond motifs is 1. The second-order valence-electron chi connectivity index (χ2n) is 10.5. The predicted octanol–water partition coefficient (Wildman–Crippen LogP) is 3.69. The van der Waals surface area contributed by atoms with Gasteiger partial charge in [0.2, 0.25) is 15.9 Å². The molecule has 8 nitrogen and oxygen atoms in total. The van der Waals surface area contributed by atoms with Crippen molar-refractivity contribution in [2.75, 3.05) is 26.7 Å². The van der Waals surface area contributed by atoms with Gasteiger partial charge in [-0.1, -0.05) is 44.1 Å². The molecule has 0 unspecified atom stereocenters. The summed E-state index contributed by atoms with van der Waals surface area (Å²) in [5, 5.41) is 9.87. The van der Waals surface area contributed by atoms with Gasteiger partial charge < -0.3 is 14.7 Å². The first-order chi connectivity index (χ1) is 18.6. The van der Waals surface area contributed by atoms with Crippen LogP contribution < -0.4 is 4.74 Å². The van der Waals surface area contributed by atoms with Crippen LogP contribution in [0.15, 0.2) is 41.4 Å². The molecule has 1 aliphatic heterocycles. The molecule has 1 saturated carbocycles. The van der Waals surface area contributed by atoms with E-state index in [-0.39, 0.29) is 47.9 Å². The van der Waals surface area contributed by atoms with Crippen LogP contribution in [0.2, 0.25) is 0 Å². The van der Waals surface area contributed by atoms with Crippen molar-refractivity contribution in [3.05, 3.63) is 53.5 Å². The van der Waals surface area contributed by atoms with E-state index in [1.54, 1.807) is 24.1 Å². The van der Waals surface area contributed by atoms with E-state index in [1.165, 1.54) is 44.5 Å². The van der Waals surface area contributed by atoms with E-state index >= 15 is 0 Å². The third kappa shape index (κ3) is 6.78. The van der Waals surface area contributed by atoms with Gasteiger partial charge in [-0.2, -0.15) is 4.31 Å². The Balaban J connectivity index is 1.65. The van der Waals surface area contributed by atoms with Crippen molar-refractivity contribution in [3.8, 4) is 17.7 Å². The highest BCUT2D eigenvalue weighted by Gasteiger charge is 2.36. The van der Waals surface area contributed by atoms with Gasteiger partial charge in [0.05, 0.1) is 24.1 Å². The number of aliphatic hydroxyl groups is 1. The van der Waals surface area contributed by atoms with Crippen molar-refractivity contribution in [2.24, 2.45) is 11.8 Å². The van der Waals surface area contributed by atoms with Gasteiger partial charge in [-0.3, -0.25) is 4.79 Å². The lowest BCUT2D eigenvalue weighted by molar-refractivity contribution is 0.0373. The lowest BCUT2D eigenvalue weighted by atomic mass is 9.90. The molecule has 1 aromatic heterocycles. The Bertz CT molecular complexity index is 1350. The first kappa shape index (κ1) is 29.0. The number of amides is 1. The first-order valence-corrected chi connectivity index (χ1v) is 14.9. The second kappa shape index (κ2) is 12.5. The highest BCUT2D eigenvalue weighted by Crippen LogP contribution is 2.29. The molecule has 39 heavy (non-hydrogen) atoms. The Kier molecular flexibility index (Phi) is 9.26. The number of aromatic nitrogens is 1. The van der Waals surface area contributed by atoms with Crippen LogP contribution in [0.1, 0.15) is 61.9 Å². The SMILES string of the molecule is C[C@H]1CN([C@@H](C)CO)C(=O)c2cc(C#CC3CCCCC3)cnc2O[C@@H]1CN(C)S(=O)(=O)c1cccc(F)c1. The number of nitrogens with zero attached hydrogens (tertiary/aromatic N) is 3. The Labute approximate surface area is 230 Å². The van der Waals surface area contributed by atoms with Gasteiger partial charge in [0.15, 0.2) is 0 Å². The molecule has 3 atom stereocenters. The van der Waals surface area contributed by atoms with Crippen LogP contribution in [0.5, 0.6) is 5.88 Å². The van der Waals surface area contributed by atoms with Crippen molar-refractivity contribution in [1.82, 2.24) is 14.2 Å². The minimum Gasteiger partial charge on any atom is -0.472 e. The molecule has 2 aliphatic rings. The zero-order chi connectivity index (χ0) is 28.2. The monoisotopic (exact) mass is 557 g/mol. The molecule has 1 fully saturated rings. The molecule has 0 spiro atoms. The summed E-state index contributed by atoms with van der Waals surface area (Å²) >= 11 is 0. The minimum atomic E-state index is -4.00. The number of sulfonamides is 1. The van der Waals surface area contributed by atoms with Crippen LogP contribution in [0, 0.1) is 29.5 Å². The number of hydrogen-bond donors (Lipinski definition) is 1. The van der Waals surface area contributed by atoms with Gasteiger partial charge in [0.25, 0.3) is 5.91 Å². The maximum atomic E-state index is 13.7. The Morgan fingerprint density at radius 2 is 2.00 bits per heavy atom. The van der Waals surface area contributed by atoms with Gasteiger partial charge in [-0.25, -0.2) is 17.8 Å². The zero-order valence-electron chi connectivity index (χ0n) is 22.6. The van der Waals surface area contributed by atoms with E-state index in [1.807, 2.05) is 6.92 Å². The maximum absolute atomic E-state index is 13.7. The fourth-order valence-corrected chi connectivity index (χ4v) is 6.19. The molecule has 10 heteroatoms. The quantitative estimate of drug-likeness (QED) is 0.544. The second-order valence-corrected chi connectivity index (χ2v) is 12.6. The van der Waals surface area contributed by atoms with E-state index in [0.29, 0.717) is 11.5 Å². The molecule has 1 N–H and O–H groups in total. The van der Waals surface area contributed by atoms with Crippen LogP contribution in [0.4, 0.5) is 4.39 Å². The number of likely N-dealkylation sites (N-methyl/N-ethyl adjacent to an activating group) is 1. The summed E-state index contributed by atoms with van der Waals surface area (Å²) < 4.78 is 47.4. The molecule has 1 aromatic carbocycles. The topological polar surface area (TPSA) is 100 Å².